The van der Waals surface area contributed by atoms with Gasteiger partial charge in [0.25, 0.3) is 0 Å². The van der Waals surface area contributed by atoms with E-state index in [-0.39, 0.29) is 21.2 Å². The molecule has 0 aliphatic rings. The molecule has 0 amide bonds. The van der Waals surface area contributed by atoms with Gasteiger partial charge in [0.15, 0.2) is 7.14 Å². The predicted octanol–water partition coefficient (Wildman–Crippen LogP) is 1.50. The molecule has 0 aromatic heterocycles. The maximum Gasteiger partial charge on any atom is 0.357 e. The molecule has 0 fully saturated rings. The fourth-order valence-corrected chi connectivity index (χ4v) is 3.98. The highest BCUT2D eigenvalue weighted by atomic mass is 127. The van der Waals surface area contributed by atoms with Gasteiger partial charge in [-0.2, -0.15) is 0 Å². The zero-order chi connectivity index (χ0) is 13.0. The quantitative estimate of drug-likeness (QED) is 0.733. The van der Waals surface area contributed by atoms with Crippen molar-refractivity contribution in [1.82, 2.24) is 0 Å². The molecule has 2 aromatic rings. The van der Waals surface area contributed by atoms with Gasteiger partial charge in [-0.25, -0.2) is 0 Å². The number of hydrogen-bond acceptors (Lipinski definition) is 0. The third-order valence-electron chi connectivity index (χ3n) is 3.08. The van der Waals surface area contributed by atoms with Gasteiger partial charge in [-0.1, -0.05) is 45.0 Å². The second-order valence-electron chi connectivity index (χ2n) is 4.78. The smallest absolute Gasteiger partial charge is 0.0613 e. The van der Waals surface area contributed by atoms with Gasteiger partial charge in [0, 0.05) is 0 Å². The number of halogens is 1. The third kappa shape index (κ3) is 3.58. The molecule has 0 saturated heterocycles. The number of hydrogen-bond donors (Lipinski definition) is 0. The highest BCUT2D eigenvalue weighted by Crippen LogP contribution is 2.12. The van der Waals surface area contributed by atoms with Crippen molar-refractivity contribution >= 4 is 0 Å². The van der Waals surface area contributed by atoms with Gasteiger partial charge in [0.1, 0.15) is 0 Å². The van der Waals surface area contributed by atoms with E-state index in [1.54, 1.807) is 0 Å². The Labute approximate surface area is 121 Å². The standard InChI is InChI=1S/C17H20I/c1-4-14-5-9-16(10-6-14)18-17-11-7-15(8-12-17)13(2)3/h5-13H,4H2,1-3H3/q+1. The summed E-state index contributed by atoms with van der Waals surface area (Å²) in [7, 11) is 0. The largest absolute Gasteiger partial charge is 0.357 e. The van der Waals surface area contributed by atoms with Crippen LogP contribution in [0.5, 0.6) is 0 Å². The molecule has 2 aromatic carbocycles. The van der Waals surface area contributed by atoms with E-state index in [4.69, 9.17) is 0 Å². The Bertz CT molecular complexity index is 480. The lowest BCUT2D eigenvalue weighted by Crippen LogP contribution is -3.61. The molecule has 18 heavy (non-hydrogen) atoms. The van der Waals surface area contributed by atoms with Crippen molar-refractivity contribution in [3.8, 4) is 0 Å². The lowest BCUT2D eigenvalue weighted by molar-refractivity contribution is -0.597. The van der Waals surface area contributed by atoms with Gasteiger partial charge in [-0.05, 0) is 47.7 Å². The van der Waals surface area contributed by atoms with E-state index in [1.807, 2.05) is 0 Å². The Hall–Kier alpha value is -0.830. The third-order valence-corrected chi connectivity index (χ3v) is 5.76. The topological polar surface area (TPSA) is 0 Å². The molecule has 0 N–H and O–H groups in total. The molecule has 0 aliphatic carbocycles. The van der Waals surface area contributed by atoms with Crippen LogP contribution in [0.3, 0.4) is 0 Å². The fourth-order valence-electron chi connectivity index (χ4n) is 1.82. The number of aryl methyl sites for hydroxylation is 1. The summed E-state index contributed by atoms with van der Waals surface area (Å²) >= 11 is -0.0220. The summed E-state index contributed by atoms with van der Waals surface area (Å²) in [6.07, 6.45) is 1.13. The molecule has 0 aliphatic heterocycles. The van der Waals surface area contributed by atoms with Crippen LogP contribution in [0.2, 0.25) is 0 Å². The zero-order valence-electron chi connectivity index (χ0n) is 11.3. The minimum absolute atomic E-state index is 0.0220. The minimum atomic E-state index is -0.0220. The molecule has 0 radical (unpaired) electrons. The summed E-state index contributed by atoms with van der Waals surface area (Å²) in [6, 6.07) is 18.3. The van der Waals surface area contributed by atoms with Gasteiger partial charge >= 0.3 is 21.2 Å². The van der Waals surface area contributed by atoms with Gasteiger partial charge in [0.2, 0.25) is 0 Å². The van der Waals surface area contributed by atoms with Crippen molar-refractivity contribution in [2.75, 3.05) is 0 Å². The van der Waals surface area contributed by atoms with Crippen LogP contribution in [-0.2, 0) is 6.42 Å². The highest BCUT2D eigenvalue weighted by Gasteiger charge is 2.15. The van der Waals surface area contributed by atoms with E-state index in [0.29, 0.717) is 5.92 Å². The van der Waals surface area contributed by atoms with E-state index in [0.717, 1.165) is 6.42 Å². The summed E-state index contributed by atoms with van der Waals surface area (Å²) < 4.78 is 3.01. The van der Waals surface area contributed by atoms with E-state index < -0.39 is 0 Å². The molecule has 0 unspecified atom stereocenters. The maximum atomic E-state index is 2.30. The zero-order valence-corrected chi connectivity index (χ0v) is 13.4. The Balaban J connectivity index is 2.08. The molecule has 0 nitrogen and oxygen atoms in total. The van der Waals surface area contributed by atoms with Crippen LogP contribution >= 0.6 is 0 Å². The van der Waals surface area contributed by atoms with Crippen LogP contribution in [-0.4, -0.2) is 0 Å². The molecular weight excluding hydrogens is 331 g/mol. The summed E-state index contributed by atoms with van der Waals surface area (Å²) in [4.78, 5) is 0. The fraction of sp³-hybridized carbons (Fsp3) is 0.294. The van der Waals surface area contributed by atoms with Crippen molar-refractivity contribution in [2.45, 2.75) is 33.1 Å². The molecule has 94 valence electrons. The molecule has 0 saturated carbocycles. The van der Waals surface area contributed by atoms with Crippen molar-refractivity contribution in [1.29, 1.82) is 0 Å². The van der Waals surface area contributed by atoms with Crippen molar-refractivity contribution in [3.63, 3.8) is 0 Å². The van der Waals surface area contributed by atoms with E-state index in [2.05, 4.69) is 69.3 Å². The first-order valence-corrected chi connectivity index (χ1v) is 8.68. The summed E-state index contributed by atoms with van der Waals surface area (Å²) in [5.74, 6) is 0.626. The van der Waals surface area contributed by atoms with Gasteiger partial charge < -0.3 is 0 Å². The Morgan fingerprint density at radius 2 is 1.33 bits per heavy atom. The molecular formula is C17H20I+. The van der Waals surface area contributed by atoms with E-state index >= 15 is 0 Å². The second kappa shape index (κ2) is 6.37. The highest BCUT2D eigenvalue weighted by molar-refractivity contribution is 5.18. The Morgan fingerprint density at radius 3 is 1.78 bits per heavy atom. The average molecular weight is 351 g/mol. The lowest BCUT2D eigenvalue weighted by Gasteiger charge is -2.02. The Morgan fingerprint density at radius 1 is 0.833 bits per heavy atom. The average Bonchev–Trinajstić information content (AvgIpc) is 2.40. The van der Waals surface area contributed by atoms with Gasteiger partial charge in [-0.3, -0.25) is 0 Å². The SMILES string of the molecule is CCc1ccc([I+]c2ccc(C(C)C)cc2)cc1. The normalized spacial score (nSPS) is 10.9. The van der Waals surface area contributed by atoms with Crippen molar-refractivity contribution in [2.24, 2.45) is 0 Å². The molecule has 0 atom stereocenters. The monoisotopic (exact) mass is 351 g/mol. The summed E-state index contributed by atoms with van der Waals surface area (Å²) in [6.45, 7) is 6.69. The van der Waals surface area contributed by atoms with Crippen molar-refractivity contribution in [3.05, 3.63) is 66.8 Å². The van der Waals surface area contributed by atoms with Gasteiger partial charge in [0.05, 0.1) is 0 Å². The van der Waals surface area contributed by atoms with Crippen molar-refractivity contribution < 1.29 is 21.2 Å². The number of benzene rings is 2. The molecule has 0 heterocycles. The van der Waals surface area contributed by atoms with Crippen LogP contribution in [0.15, 0.2) is 48.5 Å². The lowest BCUT2D eigenvalue weighted by atomic mass is 10.0. The van der Waals surface area contributed by atoms with E-state index in [9.17, 15) is 0 Å². The first-order chi connectivity index (χ1) is 8.69. The second-order valence-corrected chi connectivity index (χ2v) is 7.81. The van der Waals surface area contributed by atoms with Gasteiger partial charge in [-0.15, -0.1) is 0 Å². The predicted molar refractivity (Wildman–Crippen MR) is 73.7 cm³/mol. The summed E-state index contributed by atoms with van der Waals surface area (Å²) in [5, 5.41) is 0. The van der Waals surface area contributed by atoms with Crippen LogP contribution in [0.4, 0.5) is 0 Å². The molecule has 0 bridgehead atoms. The Kier molecular flexibility index (Phi) is 4.81. The number of rotatable bonds is 4. The minimum Gasteiger partial charge on any atom is -0.0613 e. The van der Waals surface area contributed by atoms with E-state index in [1.165, 1.54) is 18.3 Å². The van der Waals surface area contributed by atoms with Crippen LogP contribution in [0, 0.1) is 7.14 Å². The molecule has 1 heteroatoms. The first kappa shape index (κ1) is 13.6. The van der Waals surface area contributed by atoms with Crippen LogP contribution < -0.4 is 21.2 Å². The van der Waals surface area contributed by atoms with Crippen LogP contribution in [0.1, 0.15) is 37.8 Å². The van der Waals surface area contributed by atoms with Crippen LogP contribution in [0.25, 0.3) is 0 Å². The molecule has 0 spiro atoms. The molecule has 2 rings (SSSR count). The maximum absolute atomic E-state index is 2.30. The summed E-state index contributed by atoms with van der Waals surface area (Å²) in [5.41, 5.74) is 2.86. The first-order valence-electron chi connectivity index (χ1n) is 6.52.